The third-order valence-electron chi connectivity index (χ3n) is 10.6. The van der Waals surface area contributed by atoms with Gasteiger partial charge in [0, 0.05) is 11.6 Å². The lowest BCUT2D eigenvalue weighted by Gasteiger charge is -2.34. The summed E-state index contributed by atoms with van der Waals surface area (Å²) in [7, 11) is 0. The molecule has 0 radical (unpaired) electrons. The second-order valence-corrected chi connectivity index (χ2v) is 13.8. The highest BCUT2D eigenvalue weighted by atomic mass is 14.7. The largest absolute Gasteiger partial charge is 0.256 e. The van der Waals surface area contributed by atoms with Crippen LogP contribution in [0.25, 0.3) is 22.4 Å². The fourth-order valence-electron chi connectivity index (χ4n) is 8.42. The highest BCUT2D eigenvalue weighted by Crippen LogP contribution is 2.41. The van der Waals surface area contributed by atoms with Crippen LogP contribution in [-0.2, 0) is 0 Å². The van der Waals surface area contributed by atoms with Crippen molar-refractivity contribution in [1.82, 2.24) is 4.98 Å². The van der Waals surface area contributed by atoms with E-state index in [-0.39, 0.29) is 6.71 Å². The van der Waals surface area contributed by atoms with E-state index in [4.69, 9.17) is 4.98 Å². The molecule has 2 aliphatic rings. The van der Waals surface area contributed by atoms with Crippen LogP contribution in [0.15, 0.2) is 77.4 Å². The van der Waals surface area contributed by atoms with Crippen molar-refractivity contribution < 1.29 is 0 Å². The van der Waals surface area contributed by atoms with Gasteiger partial charge in [0.2, 0.25) is 6.71 Å². The molecular weight excluding hydrogens is 517 g/mol. The Hall–Kier alpha value is -3.65. The minimum absolute atomic E-state index is 0.217. The number of rotatable bonds is 4. The van der Waals surface area contributed by atoms with Gasteiger partial charge in [-0.3, -0.25) is 4.98 Å². The third-order valence-corrected chi connectivity index (χ3v) is 10.6. The van der Waals surface area contributed by atoms with Gasteiger partial charge in [-0.05, 0) is 101 Å². The molecule has 1 heterocycles. The Kier molecular flexibility index (Phi) is 7.61. The molecule has 0 aliphatic heterocycles. The first-order valence-electron chi connectivity index (χ1n) is 16.1. The first-order chi connectivity index (χ1) is 20.5. The predicted octanol–water partition coefficient (Wildman–Crippen LogP) is 9.52. The Labute approximate surface area is 259 Å². The topological polar surface area (TPSA) is 12.9 Å². The van der Waals surface area contributed by atoms with Crippen LogP contribution in [0, 0.1) is 46.5 Å². The molecule has 3 atom stereocenters. The van der Waals surface area contributed by atoms with Gasteiger partial charge in [-0.25, -0.2) is 0 Å². The van der Waals surface area contributed by atoms with Gasteiger partial charge in [-0.2, -0.15) is 0 Å². The Morgan fingerprint density at radius 1 is 0.767 bits per heavy atom. The van der Waals surface area contributed by atoms with Crippen molar-refractivity contribution in [2.45, 2.75) is 81.6 Å². The second kappa shape index (κ2) is 11.1. The minimum atomic E-state index is 0.217. The number of nitrogens with zero attached hydrogens (tertiary/aromatic N) is 1. The molecule has 0 spiro atoms. The van der Waals surface area contributed by atoms with Crippen LogP contribution in [0.4, 0.5) is 0 Å². The van der Waals surface area contributed by atoms with Gasteiger partial charge in [0.15, 0.2) is 0 Å². The first-order valence-corrected chi connectivity index (χ1v) is 16.1. The Bertz CT molecular complexity index is 1820. The first kappa shape index (κ1) is 29.4. The zero-order valence-corrected chi connectivity index (χ0v) is 27.8. The molecule has 3 aromatic carbocycles. The summed E-state index contributed by atoms with van der Waals surface area (Å²) in [6, 6.07) is 18.4. The smallest absolute Gasteiger partial charge is 0.242 e. The van der Waals surface area contributed by atoms with Gasteiger partial charge in [0.1, 0.15) is 0 Å². The van der Waals surface area contributed by atoms with E-state index < -0.39 is 0 Å². The lowest BCUT2D eigenvalue weighted by molar-refractivity contribution is 0.517. The van der Waals surface area contributed by atoms with Crippen LogP contribution in [-0.4, -0.2) is 11.7 Å². The molecule has 43 heavy (non-hydrogen) atoms. The summed E-state index contributed by atoms with van der Waals surface area (Å²) in [5.74, 6) is 1.51. The van der Waals surface area contributed by atoms with E-state index in [2.05, 4.69) is 130 Å². The van der Waals surface area contributed by atoms with Crippen molar-refractivity contribution in [3.63, 3.8) is 0 Å². The zero-order valence-electron chi connectivity index (χ0n) is 27.8. The normalized spacial score (nSPS) is 20.2. The van der Waals surface area contributed by atoms with Crippen LogP contribution in [0.5, 0.6) is 0 Å². The zero-order chi connectivity index (χ0) is 30.7. The summed E-state index contributed by atoms with van der Waals surface area (Å²) >= 11 is 0. The number of hydrogen-bond donors (Lipinski definition) is 0. The fraction of sp³-hybridized carbons (Fsp3) is 0.341. The number of fused-ring (bicyclic) bond motifs is 3. The van der Waals surface area contributed by atoms with E-state index in [1.54, 1.807) is 5.57 Å². The van der Waals surface area contributed by atoms with Crippen molar-refractivity contribution in [1.29, 1.82) is 0 Å². The summed E-state index contributed by atoms with van der Waals surface area (Å²) in [6.07, 6.45) is 7.93. The molecule has 2 aliphatic carbocycles. The molecule has 0 amide bonds. The summed E-state index contributed by atoms with van der Waals surface area (Å²) < 4.78 is 0. The highest BCUT2D eigenvalue weighted by molar-refractivity contribution is 6.92. The highest BCUT2D eigenvalue weighted by Gasteiger charge is 2.35. The van der Waals surface area contributed by atoms with Crippen LogP contribution in [0.3, 0.4) is 0 Å². The van der Waals surface area contributed by atoms with Crippen molar-refractivity contribution in [3.8, 4) is 0 Å². The van der Waals surface area contributed by atoms with E-state index in [0.29, 0.717) is 17.8 Å². The molecule has 0 fully saturated rings. The molecule has 6 rings (SSSR count). The lowest BCUT2D eigenvalue weighted by Crippen LogP contribution is -2.50. The second-order valence-electron chi connectivity index (χ2n) is 13.8. The number of pyridine rings is 1. The van der Waals surface area contributed by atoms with Gasteiger partial charge in [-0.15, -0.1) is 0 Å². The van der Waals surface area contributed by atoms with Crippen molar-refractivity contribution in [2.24, 2.45) is 11.8 Å². The average molecular weight is 564 g/mol. The molecule has 4 aromatic rings. The summed E-state index contributed by atoms with van der Waals surface area (Å²) in [6.45, 7) is 23.6. The molecule has 0 saturated carbocycles. The predicted molar refractivity (Wildman–Crippen MR) is 189 cm³/mol. The van der Waals surface area contributed by atoms with Crippen LogP contribution < -0.4 is 10.9 Å². The monoisotopic (exact) mass is 563 g/mol. The van der Waals surface area contributed by atoms with E-state index >= 15 is 0 Å². The van der Waals surface area contributed by atoms with E-state index in [9.17, 15) is 0 Å². The maximum atomic E-state index is 4.93. The van der Waals surface area contributed by atoms with Gasteiger partial charge >= 0.3 is 0 Å². The summed E-state index contributed by atoms with van der Waals surface area (Å²) in [4.78, 5) is 4.93. The maximum Gasteiger partial charge on any atom is 0.242 e. The van der Waals surface area contributed by atoms with Crippen LogP contribution in [0.1, 0.15) is 91.6 Å². The quantitative estimate of drug-likeness (QED) is 0.225. The van der Waals surface area contributed by atoms with Crippen molar-refractivity contribution in [2.75, 3.05) is 0 Å². The van der Waals surface area contributed by atoms with E-state index in [1.165, 1.54) is 77.3 Å². The lowest BCUT2D eigenvalue weighted by atomic mass is 9.31. The SMILES string of the molecule is CC1=CC(C)C(C)C(C)=C1B(c1c(C)cc(C)cc1C)c1c(C)cc(C2=Cc3ncc4ccccc4c3C(C)C2)cc1C. The number of allylic oxidation sites excluding steroid dienone is 5. The number of hydrogen-bond acceptors (Lipinski definition) is 1. The number of aryl methyl sites for hydroxylation is 5. The van der Waals surface area contributed by atoms with Crippen LogP contribution in [0.2, 0.25) is 0 Å². The van der Waals surface area contributed by atoms with Gasteiger partial charge in [0.25, 0.3) is 0 Å². The fourth-order valence-corrected chi connectivity index (χ4v) is 8.42. The van der Waals surface area contributed by atoms with Gasteiger partial charge < -0.3 is 0 Å². The molecule has 0 bridgehead atoms. The maximum absolute atomic E-state index is 4.93. The molecule has 1 aromatic heterocycles. The molecular formula is C41H46BN. The molecule has 0 saturated heterocycles. The van der Waals surface area contributed by atoms with Crippen molar-refractivity contribution >= 4 is 40.1 Å². The van der Waals surface area contributed by atoms with Crippen molar-refractivity contribution in [3.05, 3.63) is 122 Å². The Morgan fingerprint density at radius 2 is 1.37 bits per heavy atom. The summed E-state index contributed by atoms with van der Waals surface area (Å²) in [5, 5.41) is 2.57. The minimum Gasteiger partial charge on any atom is -0.256 e. The van der Waals surface area contributed by atoms with Crippen LogP contribution >= 0.6 is 0 Å². The van der Waals surface area contributed by atoms with E-state index in [0.717, 1.165) is 12.1 Å². The van der Waals surface area contributed by atoms with Gasteiger partial charge in [0.05, 0.1) is 5.69 Å². The Balaban J connectivity index is 1.53. The molecule has 0 N–H and O–H groups in total. The molecule has 2 heteroatoms. The molecule has 218 valence electrons. The Morgan fingerprint density at radius 3 is 2.02 bits per heavy atom. The number of benzene rings is 3. The molecule has 3 unspecified atom stereocenters. The average Bonchev–Trinajstić information content (AvgIpc) is 2.94. The summed E-state index contributed by atoms with van der Waals surface area (Å²) in [5.41, 5.74) is 19.6. The van der Waals surface area contributed by atoms with Gasteiger partial charge in [-0.1, -0.05) is 131 Å². The third kappa shape index (κ3) is 5.03. The molecule has 1 nitrogen and oxygen atoms in total. The standard InChI is InChI=1S/C41H46BN/c1-23-15-26(4)39(27(5)16-23)42(41-28(6)17-24(2)31(9)32(41)10)40-29(7)19-34(20-30(40)8)35-18-25(3)38-36-14-12-11-13-33(36)22-43-37(38)21-35/h11-17,19-22,24-25,31H,18H2,1-10H3. The van der Waals surface area contributed by atoms with E-state index in [1.807, 2.05) is 6.20 Å². The number of aromatic nitrogens is 1.